The molecule has 0 atom stereocenters. The van der Waals surface area contributed by atoms with Crippen LogP contribution in [0.3, 0.4) is 0 Å². The maximum Gasteiger partial charge on any atom is 0.253 e. The minimum atomic E-state index is -0.120. The molecule has 146 valence electrons. The molecule has 0 fully saturated rings. The molecule has 0 saturated carbocycles. The van der Waals surface area contributed by atoms with Gasteiger partial charge in [-0.25, -0.2) is 9.50 Å². The standard InChI is InChI=1S/C22H21N5O2/c1-14-19(13-20(28)24-17-9-11-18(29-3)12-10-17)15(2)27-22(23-14)25-21(26-27)16-7-5-4-6-8-16/h4-12H,13H2,1-3H3,(H,24,28). The van der Waals surface area contributed by atoms with Gasteiger partial charge in [0.2, 0.25) is 5.91 Å². The summed E-state index contributed by atoms with van der Waals surface area (Å²) in [7, 11) is 1.61. The molecule has 7 heteroatoms. The molecule has 29 heavy (non-hydrogen) atoms. The first kappa shape index (κ1) is 18.6. The van der Waals surface area contributed by atoms with E-state index in [1.54, 1.807) is 35.9 Å². The van der Waals surface area contributed by atoms with Crippen LogP contribution in [0.15, 0.2) is 54.6 Å². The van der Waals surface area contributed by atoms with E-state index in [2.05, 4.69) is 20.4 Å². The van der Waals surface area contributed by atoms with Crippen LogP contribution in [0.25, 0.3) is 17.2 Å². The summed E-state index contributed by atoms with van der Waals surface area (Å²) >= 11 is 0. The molecule has 0 aliphatic rings. The monoisotopic (exact) mass is 387 g/mol. The number of benzene rings is 2. The molecule has 0 bridgehead atoms. The van der Waals surface area contributed by atoms with E-state index in [9.17, 15) is 4.79 Å². The Morgan fingerprint density at radius 2 is 1.76 bits per heavy atom. The third-order valence-electron chi connectivity index (χ3n) is 4.79. The largest absolute Gasteiger partial charge is 0.497 e. The van der Waals surface area contributed by atoms with Crippen molar-refractivity contribution in [3.05, 3.63) is 71.5 Å². The number of ether oxygens (including phenoxy) is 1. The van der Waals surface area contributed by atoms with Crippen molar-refractivity contribution >= 4 is 17.4 Å². The van der Waals surface area contributed by atoms with Crippen LogP contribution in [-0.4, -0.2) is 32.6 Å². The lowest BCUT2D eigenvalue weighted by Gasteiger charge is -2.11. The summed E-state index contributed by atoms with van der Waals surface area (Å²) < 4.78 is 6.84. The summed E-state index contributed by atoms with van der Waals surface area (Å²) in [6.07, 6.45) is 0.202. The average Bonchev–Trinajstić information content (AvgIpc) is 3.16. The zero-order chi connectivity index (χ0) is 20.4. The van der Waals surface area contributed by atoms with Gasteiger partial charge in [-0.3, -0.25) is 4.79 Å². The molecule has 7 nitrogen and oxygen atoms in total. The molecule has 0 saturated heterocycles. The van der Waals surface area contributed by atoms with Crippen molar-refractivity contribution in [1.29, 1.82) is 0 Å². The minimum Gasteiger partial charge on any atom is -0.497 e. The van der Waals surface area contributed by atoms with E-state index in [0.717, 1.165) is 28.3 Å². The van der Waals surface area contributed by atoms with E-state index in [-0.39, 0.29) is 12.3 Å². The van der Waals surface area contributed by atoms with Crippen molar-refractivity contribution in [3.8, 4) is 17.1 Å². The average molecular weight is 387 g/mol. The van der Waals surface area contributed by atoms with Gasteiger partial charge in [-0.05, 0) is 38.1 Å². The highest BCUT2D eigenvalue weighted by Crippen LogP contribution is 2.20. The molecular formula is C22H21N5O2. The van der Waals surface area contributed by atoms with E-state index < -0.39 is 0 Å². The van der Waals surface area contributed by atoms with E-state index in [1.807, 2.05) is 44.2 Å². The highest BCUT2D eigenvalue weighted by atomic mass is 16.5. The maximum atomic E-state index is 12.6. The van der Waals surface area contributed by atoms with Crippen molar-refractivity contribution in [2.45, 2.75) is 20.3 Å². The molecular weight excluding hydrogens is 366 g/mol. The SMILES string of the molecule is COc1ccc(NC(=O)Cc2c(C)nc3nc(-c4ccccc4)nn3c2C)cc1. The Morgan fingerprint density at radius 1 is 1.03 bits per heavy atom. The third-order valence-corrected chi connectivity index (χ3v) is 4.79. The van der Waals surface area contributed by atoms with Gasteiger partial charge >= 0.3 is 0 Å². The second-order valence-electron chi connectivity index (χ2n) is 6.73. The molecule has 1 N–H and O–H groups in total. The molecule has 0 aliphatic heterocycles. The van der Waals surface area contributed by atoms with Gasteiger partial charge in [-0.15, -0.1) is 5.10 Å². The predicted molar refractivity (Wildman–Crippen MR) is 111 cm³/mol. The molecule has 4 aromatic rings. The number of carbonyl (C=O) groups excluding carboxylic acids is 1. The lowest BCUT2D eigenvalue weighted by Crippen LogP contribution is -2.17. The molecule has 2 aromatic carbocycles. The molecule has 4 rings (SSSR count). The van der Waals surface area contributed by atoms with E-state index in [0.29, 0.717) is 17.3 Å². The fraction of sp³-hybridized carbons (Fsp3) is 0.182. The Morgan fingerprint density at radius 3 is 2.45 bits per heavy atom. The molecule has 0 radical (unpaired) electrons. The first-order valence-corrected chi connectivity index (χ1v) is 9.27. The summed E-state index contributed by atoms with van der Waals surface area (Å²) in [6, 6.07) is 17.0. The molecule has 2 heterocycles. The van der Waals surface area contributed by atoms with Crippen LogP contribution in [0.5, 0.6) is 5.75 Å². The van der Waals surface area contributed by atoms with Gasteiger partial charge in [0.15, 0.2) is 5.82 Å². The first-order valence-electron chi connectivity index (χ1n) is 9.27. The summed E-state index contributed by atoms with van der Waals surface area (Å²) in [5.41, 5.74) is 4.10. The lowest BCUT2D eigenvalue weighted by molar-refractivity contribution is -0.115. The smallest absolute Gasteiger partial charge is 0.253 e. The van der Waals surface area contributed by atoms with Crippen LogP contribution in [0.2, 0.25) is 0 Å². The van der Waals surface area contributed by atoms with Gasteiger partial charge in [0.05, 0.1) is 13.5 Å². The summed E-state index contributed by atoms with van der Waals surface area (Å²) in [5, 5.41) is 7.50. The van der Waals surface area contributed by atoms with Crippen LogP contribution >= 0.6 is 0 Å². The normalized spacial score (nSPS) is 10.9. The number of rotatable bonds is 5. The second-order valence-corrected chi connectivity index (χ2v) is 6.73. The van der Waals surface area contributed by atoms with Gasteiger partial charge in [0.1, 0.15) is 5.75 Å². The van der Waals surface area contributed by atoms with E-state index in [4.69, 9.17) is 4.74 Å². The molecule has 0 aliphatic carbocycles. The number of aryl methyl sites for hydroxylation is 2. The van der Waals surface area contributed by atoms with E-state index >= 15 is 0 Å². The number of methoxy groups -OCH3 is 1. The lowest BCUT2D eigenvalue weighted by atomic mass is 10.1. The number of anilines is 1. The topological polar surface area (TPSA) is 81.4 Å². The van der Waals surface area contributed by atoms with Crippen molar-refractivity contribution in [3.63, 3.8) is 0 Å². The Hall–Kier alpha value is -3.74. The quantitative estimate of drug-likeness (QED) is 0.566. The maximum absolute atomic E-state index is 12.6. The number of amides is 1. The van der Waals surface area contributed by atoms with Crippen molar-refractivity contribution in [2.24, 2.45) is 0 Å². The van der Waals surface area contributed by atoms with Crippen LogP contribution in [0.1, 0.15) is 17.0 Å². The molecule has 0 unspecified atom stereocenters. The zero-order valence-electron chi connectivity index (χ0n) is 16.5. The van der Waals surface area contributed by atoms with Crippen LogP contribution < -0.4 is 10.1 Å². The third kappa shape index (κ3) is 3.80. The van der Waals surface area contributed by atoms with Crippen molar-refractivity contribution in [1.82, 2.24) is 19.6 Å². The summed E-state index contributed by atoms with van der Waals surface area (Å²) in [5.74, 6) is 1.76. The van der Waals surface area contributed by atoms with Crippen LogP contribution in [-0.2, 0) is 11.2 Å². The number of nitrogens with one attached hydrogen (secondary N) is 1. The number of carbonyl (C=O) groups is 1. The highest BCUT2D eigenvalue weighted by molar-refractivity contribution is 5.92. The Balaban J connectivity index is 1.60. The zero-order valence-corrected chi connectivity index (χ0v) is 16.5. The summed E-state index contributed by atoms with van der Waals surface area (Å²) in [6.45, 7) is 3.82. The molecule has 1 amide bonds. The van der Waals surface area contributed by atoms with Crippen molar-refractivity contribution < 1.29 is 9.53 Å². The first-order chi connectivity index (χ1) is 14.0. The van der Waals surface area contributed by atoms with Crippen LogP contribution in [0.4, 0.5) is 5.69 Å². The summed E-state index contributed by atoms with van der Waals surface area (Å²) in [4.78, 5) is 21.7. The Bertz CT molecular complexity index is 1170. The second kappa shape index (κ2) is 7.71. The molecule has 2 aromatic heterocycles. The number of nitrogens with zero attached hydrogens (tertiary/aromatic N) is 4. The minimum absolute atomic E-state index is 0.120. The van der Waals surface area contributed by atoms with Gasteiger partial charge in [-0.1, -0.05) is 30.3 Å². The number of fused-ring (bicyclic) bond motifs is 1. The van der Waals surface area contributed by atoms with Gasteiger partial charge in [-0.2, -0.15) is 4.98 Å². The van der Waals surface area contributed by atoms with Gasteiger partial charge in [0.25, 0.3) is 5.78 Å². The van der Waals surface area contributed by atoms with Gasteiger partial charge in [0, 0.05) is 28.2 Å². The highest BCUT2D eigenvalue weighted by Gasteiger charge is 2.16. The van der Waals surface area contributed by atoms with Crippen molar-refractivity contribution in [2.75, 3.05) is 12.4 Å². The number of hydrogen-bond acceptors (Lipinski definition) is 5. The van der Waals surface area contributed by atoms with Crippen LogP contribution in [0, 0.1) is 13.8 Å². The Kier molecular flexibility index (Phi) is 4.95. The van der Waals surface area contributed by atoms with E-state index in [1.165, 1.54) is 0 Å². The predicted octanol–water partition coefficient (Wildman–Crippen LogP) is 3.60. The molecule has 0 spiro atoms. The Labute approximate surface area is 168 Å². The van der Waals surface area contributed by atoms with Gasteiger partial charge < -0.3 is 10.1 Å². The fourth-order valence-corrected chi connectivity index (χ4v) is 3.21. The fourth-order valence-electron chi connectivity index (χ4n) is 3.21. The number of aromatic nitrogens is 4. The number of hydrogen-bond donors (Lipinski definition) is 1.